The maximum atomic E-state index is 12.1. The summed E-state index contributed by atoms with van der Waals surface area (Å²) in [7, 11) is 0. The number of amides is 1. The fraction of sp³-hybridized carbons (Fsp3) is 0.105. The Morgan fingerprint density at radius 1 is 1.15 bits per heavy atom. The van der Waals surface area contributed by atoms with E-state index in [9.17, 15) is 4.79 Å². The number of halogens is 2. The molecular weight excluding hydrogens is 371 g/mol. The molecule has 0 aliphatic rings. The van der Waals surface area contributed by atoms with Gasteiger partial charge in [-0.3, -0.25) is 4.79 Å². The van der Waals surface area contributed by atoms with Gasteiger partial charge in [0.1, 0.15) is 12.7 Å². The number of rotatable bonds is 5. The van der Waals surface area contributed by atoms with E-state index in [0.29, 0.717) is 10.0 Å². The first-order valence-corrected chi connectivity index (χ1v) is 8.67. The Balaban J connectivity index is 1.61. The van der Waals surface area contributed by atoms with Gasteiger partial charge in [-0.15, -0.1) is 0 Å². The third-order valence-electron chi connectivity index (χ3n) is 3.81. The highest BCUT2D eigenvalue weighted by molar-refractivity contribution is 6.42. The van der Waals surface area contributed by atoms with Crippen molar-refractivity contribution in [1.29, 1.82) is 0 Å². The Labute approximate surface area is 161 Å². The predicted octanol–water partition coefficient (Wildman–Crippen LogP) is 4.46. The minimum Gasteiger partial charge on any atom is -0.346 e. The molecule has 1 amide bonds. The second-order valence-electron chi connectivity index (χ2n) is 5.67. The van der Waals surface area contributed by atoms with Crippen molar-refractivity contribution in [2.75, 3.05) is 0 Å². The summed E-state index contributed by atoms with van der Waals surface area (Å²) in [5, 5.41) is 7.95. The Bertz CT molecular complexity index is 921. The molecule has 0 aliphatic heterocycles. The van der Waals surface area contributed by atoms with Gasteiger partial charge in [0, 0.05) is 6.08 Å². The number of nitrogens with one attached hydrogen (secondary N) is 1. The first-order chi connectivity index (χ1) is 12.5. The van der Waals surface area contributed by atoms with E-state index in [1.54, 1.807) is 35.3 Å². The monoisotopic (exact) mass is 386 g/mol. The van der Waals surface area contributed by atoms with Crippen molar-refractivity contribution in [3.8, 4) is 5.69 Å². The van der Waals surface area contributed by atoms with Crippen LogP contribution in [0.4, 0.5) is 0 Å². The zero-order chi connectivity index (χ0) is 18.5. The van der Waals surface area contributed by atoms with Gasteiger partial charge < -0.3 is 5.32 Å². The average molecular weight is 387 g/mol. The van der Waals surface area contributed by atoms with Crippen LogP contribution in [0.15, 0.2) is 61.2 Å². The highest BCUT2D eigenvalue weighted by Crippen LogP contribution is 2.23. The Morgan fingerprint density at radius 3 is 2.58 bits per heavy atom. The first-order valence-electron chi connectivity index (χ1n) is 7.91. The molecule has 0 radical (unpaired) electrons. The molecular formula is C19H16Cl2N4O. The topological polar surface area (TPSA) is 59.8 Å². The molecule has 1 N–H and O–H groups in total. The molecule has 1 unspecified atom stereocenters. The van der Waals surface area contributed by atoms with E-state index < -0.39 is 0 Å². The van der Waals surface area contributed by atoms with E-state index in [0.717, 1.165) is 16.8 Å². The van der Waals surface area contributed by atoms with Crippen LogP contribution in [-0.2, 0) is 4.79 Å². The lowest BCUT2D eigenvalue weighted by Gasteiger charge is -2.13. The number of aromatic nitrogens is 3. The molecule has 1 atom stereocenters. The van der Waals surface area contributed by atoms with Crippen LogP contribution in [0, 0.1) is 0 Å². The number of carbonyl (C=O) groups excluding carboxylic acids is 1. The largest absolute Gasteiger partial charge is 0.346 e. The molecule has 132 valence electrons. The van der Waals surface area contributed by atoms with Crippen molar-refractivity contribution < 1.29 is 4.79 Å². The fourth-order valence-corrected chi connectivity index (χ4v) is 2.70. The summed E-state index contributed by atoms with van der Waals surface area (Å²) in [6.07, 6.45) is 6.28. The summed E-state index contributed by atoms with van der Waals surface area (Å²) in [5.74, 6) is -0.191. The molecule has 0 spiro atoms. The highest BCUT2D eigenvalue weighted by Gasteiger charge is 2.08. The van der Waals surface area contributed by atoms with Gasteiger partial charge in [0.15, 0.2) is 0 Å². The standard InChI is InChI=1S/C19H16Cl2N4O/c1-13(15-4-6-16(7-5-15)25-12-22-11-23-25)24-19(26)9-3-14-2-8-17(20)18(21)10-14/h2-13H,1H3,(H,24,26)/b9-3+. The predicted molar refractivity (Wildman–Crippen MR) is 103 cm³/mol. The molecule has 1 aromatic heterocycles. The van der Waals surface area contributed by atoms with E-state index in [4.69, 9.17) is 23.2 Å². The quantitative estimate of drug-likeness (QED) is 0.658. The van der Waals surface area contributed by atoms with Crippen molar-refractivity contribution in [2.24, 2.45) is 0 Å². The number of hydrogen-bond donors (Lipinski definition) is 1. The van der Waals surface area contributed by atoms with Gasteiger partial charge in [-0.2, -0.15) is 5.10 Å². The number of carbonyl (C=O) groups is 1. The van der Waals surface area contributed by atoms with Gasteiger partial charge in [-0.1, -0.05) is 41.4 Å². The van der Waals surface area contributed by atoms with E-state index in [1.165, 1.54) is 12.4 Å². The minimum absolute atomic E-state index is 0.134. The maximum absolute atomic E-state index is 12.1. The Morgan fingerprint density at radius 2 is 1.92 bits per heavy atom. The molecule has 0 aliphatic carbocycles. The third kappa shape index (κ3) is 4.50. The summed E-state index contributed by atoms with van der Waals surface area (Å²) in [6, 6.07) is 12.8. The van der Waals surface area contributed by atoms with Gasteiger partial charge in [-0.05, 0) is 48.4 Å². The molecule has 0 saturated heterocycles. The first kappa shape index (κ1) is 18.2. The van der Waals surface area contributed by atoms with Crippen LogP contribution in [0.3, 0.4) is 0 Å². The minimum atomic E-state index is -0.191. The van der Waals surface area contributed by atoms with Crippen LogP contribution in [0.5, 0.6) is 0 Å². The van der Waals surface area contributed by atoms with Crippen LogP contribution in [0.1, 0.15) is 24.1 Å². The summed E-state index contributed by atoms with van der Waals surface area (Å²) in [6.45, 7) is 1.93. The second-order valence-corrected chi connectivity index (χ2v) is 6.48. The van der Waals surface area contributed by atoms with Crippen LogP contribution in [-0.4, -0.2) is 20.7 Å². The number of nitrogens with zero attached hydrogens (tertiary/aromatic N) is 3. The molecule has 3 rings (SSSR count). The molecule has 0 fully saturated rings. The summed E-state index contributed by atoms with van der Waals surface area (Å²) >= 11 is 11.8. The van der Waals surface area contributed by atoms with Crippen LogP contribution in [0.2, 0.25) is 10.0 Å². The molecule has 0 saturated carbocycles. The Hall–Kier alpha value is -2.63. The maximum Gasteiger partial charge on any atom is 0.244 e. The lowest BCUT2D eigenvalue weighted by atomic mass is 10.1. The SMILES string of the molecule is CC(NC(=O)/C=C/c1ccc(Cl)c(Cl)c1)c1ccc(-n2cncn2)cc1. The van der Waals surface area contributed by atoms with Gasteiger partial charge in [0.25, 0.3) is 0 Å². The van der Waals surface area contributed by atoms with E-state index in [2.05, 4.69) is 15.4 Å². The van der Waals surface area contributed by atoms with Gasteiger partial charge >= 0.3 is 0 Å². The molecule has 26 heavy (non-hydrogen) atoms. The van der Waals surface area contributed by atoms with E-state index in [1.807, 2.05) is 31.2 Å². The molecule has 1 heterocycles. The summed E-state index contributed by atoms with van der Waals surface area (Å²) < 4.78 is 1.67. The second kappa shape index (κ2) is 8.17. The highest BCUT2D eigenvalue weighted by atomic mass is 35.5. The van der Waals surface area contributed by atoms with Gasteiger partial charge in [-0.25, -0.2) is 9.67 Å². The lowest BCUT2D eigenvalue weighted by Crippen LogP contribution is -2.24. The van der Waals surface area contributed by atoms with Gasteiger partial charge in [0.05, 0.1) is 21.8 Å². The molecule has 5 nitrogen and oxygen atoms in total. The lowest BCUT2D eigenvalue weighted by molar-refractivity contribution is -0.117. The van der Waals surface area contributed by atoms with Crippen LogP contribution < -0.4 is 5.32 Å². The fourth-order valence-electron chi connectivity index (χ4n) is 2.39. The van der Waals surface area contributed by atoms with Crippen molar-refractivity contribution >= 4 is 35.2 Å². The van der Waals surface area contributed by atoms with Crippen LogP contribution >= 0.6 is 23.2 Å². The third-order valence-corrected chi connectivity index (χ3v) is 4.54. The molecule has 0 bridgehead atoms. The summed E-state index contributed by atoms with van der Waals surface area (Å²) in [4.78, 5) is 16.0. The van der Waals surface area contributed by atoms with E-state index in [-0.39, 0.29) is 11.9 Å². The number of hydrogen-bond acceptors (Lipinski definition) is 3. The van der Waals surface area contributed by atoms with Crippen molar-refractivity contribution in [3.05, 3.63) is 82.4 Å². The zero-order valence-corrected chi connectivity index (χ0v) is 15.4. The number of benzene rings is 2. The smallest absolute Gasteiger partial charge is 0.244 e. The molecule has 2 aromatic carbocycles. The normalized spacial score (nSPS) is 12.3. The van der Waals surface area contributed by atoms with Crippen molar-refractivity contribution in [3.63, 3.8) is 0 Å². The average Bonchev–Trinajstić information content (AvgIpc) is 3.17. The van der Waals surface area contributed by atoms with E-state index >= 15 is 0 Å². The zero-order valence-electron chi connectivity index (χ0n) is 13.9. The van der Waals surface area contributed by atoms with Crippen molar-refractivity contribution in [2.45, 2.75) is 13.0 Å². The molecule has 3 aromatic rings. The Kier molecular flexibility index (Phi) is 5.71. The van der Waals surface area contributed by atoms with Gasteiger partial charge in [0.2, 0.25) is 5.91 Å². The summed E-state index contributed by atoms with van der Waals surface area (Å²) in [5.41, 5.74) is 2.70. The van der Waals surface area contributed by atoms with Crippen LogP contribution in [0.25, 0.3) is 11.8 Å². The molecule has 7 heteroatoms. The van der Waals surface area contributed by atoms with Crippen molar-refractivity contribution in [1.82, 2.24) is 20.1 Å².